The van der Waals surface area contributed by atoms with Gasteiger partial charge in [0.2, 0.25) is 0 Å². The van der Waals surface area contributed by atoms with E-state index in [1.165, 1.54) is 31.4 Å². The van der Waals surface area contributed by atoms with Crippen molar-refractivity contribution in [2.24, 2.45) is 0 Å². The van der Waals surface area contributed by atoms with Gasteiger partial charge < -0.3 is 25.6 Å². The first-order chi connectivity index (χ1) is 15.3. The molecule has 1 heterocycles. The summed E-state index contributed by atoms with van der Waals surface area (Å²) in [7, 11) is 1.42. The average molecular weight is 438 g/mol. The lowest BCUT2D eigenvalue weighted by molar-refractivity contribution is -0.135. The number of nitrogens with zero attached hydrogens (tertiary/aromatic N) is 2. The zero-order chi connectivity index (χ0) is 23.3. The van der Waals surface area contributed by atoms with Gasteiger partial charge in [0.25, 0.3) is 17.4 Å². The number of aromatic nitrogens is 2. The van der Waals surface area contributed by atoms with E-state index in [2.05, 4.69) is 15.7 Å². The molecule has 2 amide bonds. The summed E-state index contributed by atoms with van der Waals surface area (Å²) < 4.78 is 6.15. The molecule has 11 nitrogen and oxygen atoms in total. The molecule has 0 saturated carbocycles. The highest BCUT2D eigenvalue weighted by Gasteiger charge is 2.19. The normalized spacial score (nSPS) is 10.3. The molecule has 164 valence electrons. The number of aliphatic carboxylic acids is 1. The summed E-state index contributed by atoms with van der Waals surface area (Å²) in [6, 6.07) is 13.0. The van der Waals surface area contributed by atoms with Gasteiger partial charge in [0.05, 0.1) is 7.11 Å². The van der Waals surface area contributed by atoms with Crippen molar-refractivity contribution in [1.82, 2.24) is 15.1 Å². The number of carboxylic acids is 1. The first-order valence-electron chi connectivity index (χ1n) is 9.18. The molecule has 4 N–H and O–H groups in total. The maximum absolute atomic E-state index is 12.7. The number of ether oxygens (including phenoxy) is 1. The van der Waals surface area contributed by atoms with Crippen LogP contribution in [0, 0.1) is 0 Å². The molecule has 0 aliphatic rings. The quantitative estimate of drug-likeness (QED) is 0.425. The Morgan fingerprint density at radius 1 is 1.06 bits per heavy atom. The molecule has 3 aromatic rings. The van der Waals surface area contributed by atoms with Crippen molar-refractivity contribution < 1.29 is 29.3 Å². The molecule has 0 spiro atoms. The van der Waals surface area contributed by atoms with E-state index in [0.717, 1.165) is 10.7 Å². The Morgan fingerprint density at radius 3 is 2.41 bits per heavy atom. The molecule has 1 aromatic heterocycles. The first-order valence-corrected chi connectivity index (χ1v) is 9.18. The minimum atomic E-state index is -1.18. The Balaban J connectivity index is 1.83. The average Bonchev–Trinajstić information content (AvgIpc) is 2.78. The summed E-state index contributed by atoms with van der Waals surface area (Å²) in [5.41, 5.74) is -0.319. The van der Waals surface area contributed by atoms with Crippen molar-refractivity contribution in [1.29, 1.82) is 0 Å². The summed E-state index contributed by atoms with van der Waals surface area (Å²) in [5.74, 6) is -2.83. The van der Waals surface area contributed by atoms with Crippen molar-refractivity contribution in [2.75, 3.05) is 19.0 Å². The predicted molar refractivity (Wildman–Crippen MR) is 112 cm³/mol. The van der Waals surface area contributed by atoms with Crippen LogP contribution in [0.25, 0.3) is 5.69 Å². The Morgan fingerprint density at radius 2 is 1.75 bits per heavy atom. The number of nitrogens with one attached hydrogen (secondary N) is 2. The van der Waals surface area contributed by atoms with Crippen LogP contribution in [0.15, 0.2) is 59.4 Å². The third-order valence-electron chi connectivity index (χ3n) is 4.25. The van der Waals surface area contributed by atoms with Crippen LogP contribution in [0.2, 0.25) is 0 Å². The molecule has 2 aromatic carbocycles. The van der Waals surface area contributed by atoms with Crippen LogP contribution >= 0.6 is 0 Å². The Bertz CT molecular complexity index is 1240. The number of methoxy groups -OCH3 is 1. The van der Waals surface area contributed by atoms with Gasteiger partial charge in [0.1, 0.15) is 18.0 Å². The number of carbonyl (C=O) groups excluding carboxylic acids is 2. The van der Waals surface area contributed by atoms with E-state index in [1.807, 2.05) is 0 Å². The number of anilines is 1. The lowest BCUT2D eigenvalue weighted by atomic mass is 10.2. The lowest BCUT2D eigenvalue weighted by Crippen LogP contribution is -2.29. The van der Waals surface area contributed by atoms with E-state index in [-0.39, 0.29) is 16.9 Å². The van der Waals surface area contributed by atoms with Gasteiger partial charge in [0.15, 0.2) is 11.4 Å². The number of hydrogen-bond acceptors (Lipinski definition) is 7. The lowest BCUT2D eigenvalue weighted by Gasteiger charge is -2.12. The minimum Gasteiger partial charge on any atom is -0.505 e. The van der Waals surface area contributed by atoms with Crippen molar-refractivity contribution in [3.8, 4) is 17.2 Å². The van der Waals surface area contributed by atoms with Gasteiger partial charge >= 0.3 is 5.97 Å². The number of carbonyl (C=O) groups is 3. The van der Waals surface area contributed by atoms with Crippen LogP contribution in [0.4, 0.5) is 5.69 Å². The van der Waals surface area contributed by atoms with E-state index in [4.69, 9.17) is 9.84 Å². The van der Waals surface area contributed by atoms with E-state index in [0.29, 0.717) is 5.75 Å². The standard InChI is InChI=1S/C21H18N4O7/c1-32-16-5-3-2-4-14(16)25-17(27)10-15(26)19(24-25)21(31)23-13-8-6-12(7-9-13)20(30)22-11-18(28)29/h2-10,26H,11H2,1H3,(H,22,30)(H,23,31)(H,28,29). The number of aromatic hydroxyl groups is 1. The molecular weight excluding hydrogens is 420 g/mol. The first kappa shape index (κ1) is 22.0. The van der Waals surface area contributed by atoms with Crippen molar-refractivity contribution in [2.45, 2.75) is 0 Å². The van der Waals surface area contributed by atoms with Gasteiger partial charge in [-0.1, -0.05) is 12.1 Å². The Labute approximate surface area is 180 Å². The van der Waals surface area contributed by atoms with Gasteiger partial charge in [0, 0.05) is 17.3 Å². The van der Waals surface area contributed by atoms with Crippen LogP contribution in [0.3, 0.4) is 0 Å². The van der Waals surface area contributed by atoms with E-state index < -0.39 is 41.3 Å². The number of amides is 2. The number of carboxylic acid groups (broad SMARTS) is 1. The molecule has 3 rings (SSSR count). The summed E-state index contributed by atoms with van der Waals surface area (Å²) in [6.45, 7) is -0.524. The van der Waals surface area contributed by atoms with E-state index in [1.54, 1.807) is 24.3 Å². The second-order valence-electron chi connectivity index (χ2n) is 6.41. The SMILES string of the molecule is COc1ccccc1-n1nc(C(=O)Nc2ccc(C(=O)NCC(=O)O)cc2)c(O)cc1=O. The van der Waals surface area contributed by atoms with Gasteiger partial charge in [-0.25, -0.2) is 0 Å². The molecule has 0 aliphatic carbocycles. The number of hydrogen-bond donors (Lipinski definition) is 4. The molecule has 0 fully saturated rings. The van der Waals surface area contributed by atoms with Crippen molar-refractivity contribution >= 4 is 23.5 Å². The largest absolute Gasteiger partial charge is 0.505 e. The molecule has 0 aliphatic heterocycles. The summed E-state index contributed by atoms with van der Waals surface area (Å²) in [6.07, 6.45) is 0. The maximum Gasteiger partial charge on any atom is 0.322 e. The molecule has 11 heteroatoms. The Hall–Kier alpha value is -4.67. The second-order valence-corrected chi connectivity index (χ2v) is 6.41. The van der Waals surface area contributed by atoms with Gasteiger partial charge in [-0.3, -0.25) is 19.2 Å². The van der Waals surface area contributed by atoms with Crippen LogP contribution in [-0.4, -0.2) is 51.4 Å². The molecule has 0 bridgehead atoms. The zero-order valence-corrected chi connectivity index (χ0v) is 16.7. The van der Waals surface area contributed by atoms with Crippen LogP contribution < -0.4 is 20.9 Å². The molecular formula is C21H18N4O7. The molecule has 0 atom stereocenters. The second kappa shape index (κ2) is 9.43. The summed E-state index contributed by atoms with van der Waals surface area (Å²) >= 11 is 0. The van der Waals surface area contributed by atoms with E-state index in [9.17, 15) is 24.3 Å². The fourth-order valence-electron chi connectivity index (χ4n) is 2.74. The molecule has 0 unspecified atom stereocenters. The van der Waals surface area contributed by atoms with Crippen LogP contribution in [0.5, 0.6) is 11.5 Å². The molecule has 0 radical (unpaired) electrons. The number of para-hydroxylation sites is 2. The summed E-state index contributed by atoms with van der Waals surface area (Å²) in [4.78, 5) is 47.4. The highest BCUT2D eigenvalue weighted by atomic mass is 16.5. The zero-order valence-electron chi connectivity index (χ0n) is 16.7. The molecule has 0 saturated heterocycles. The van der Waals surface area contributed by atoms with Crippen molar-refractivity contribution in [3.05, 3.63) is 76.2 Å². The van der Waals surface area contributed by atoms with Crippen molar-refractivity contribution in [3.63, 3.8) is 0 Å². The van der Waals surface area contributed by atoms with E-state index >= 15 is 0 Å². The topological polar surface area (TPSA) is 160 Å². The highest BCUT2D eigenvalue weighted by Crippen LogP contribution is 2.22. The fraction of sp³-hybridized carbons (Fsp3) is 0.0952. The smallest absolute Gasteiger partial charge is 0.322 e. The van der Waals surface area contributed by atoms with Crippen LogP contribution in [-0.2, 0) is 4.79 Å². The molecule has 32 heavy (non-hydrogen) atoms. The predicted octanol–water partition coefficient (Wildman–Crippen LogP) is 1.01. The monoisotopic (exact) mass is 438 g/mol. The van der Waals surface area contributed by atoms with Gasteiger partial charge in [-0.15, -0.1) is 0 Å². The fourth-order valence-corrected chi connectivity index (χ4v) is 2.74. The minimum absolute atomic E-state index is 0.190. The summed E-state index contributed by atoms with van der Waals surface area (Å²) in [5, 5.41) is 27.4. The maximum atomic E-state index is 12.7. The van der Waals surface area contributed by atoms with Crippen LogP contribution in [0.1, 0.15) is 20.8 Å². The Kier molecular flexibility index (Phi) is 6.49. The highest BCUT2D eigenvalue weighted by molar-refractivity contribution is 6.05. The third-order valence-corrected chi connectivity index (χ3v) is 4.25. The van der Waals surface area contributed by atoms with Gasteiger partial charge in [-0.2, -0.15) is 9.78 Å². The number of benzene rings is 2. The third kappa shape index (κ3) is 4.90. The number of rotatable bonds is 7. The van der Waals surface area contributed by atoms with Gasteiger partial charge in [-0.05, 0) is 36.4 Å².